The molecule has 2 rings (SSSR count). The fourth-order valence-electron chi connectivity index (χ4n) is 1.52. The molecule has 1 saturated heterocycles. The van der Waals surface area contributed by atoms with Gasteiger partial charge in [0.1, 0.15) is 5.69 Å². The smallest absolute Gasteiger partial charge is 0.332 e. The number of hydrogen-bond acceptors (Lipinski definition) is 3. The molecular weight excluding hydrogens is 293 g/mol. The highest BCUT2D eigenvalue weighted by atomic mass is 35.5. The molecule has 0 aromatic heterocycles. The van der Waals surface area contributed by atoms with E-state index in [1.807, 2.05) is 0 Å². The Bertz CT molecular complexity index is 502. The molecule has 0 spiro atoms. The summed E-state index contributed by atoms with van der Waals surface area (Å²) >= 11 is 12.0. The van der Waals surface area contributed by atoms with Crippen molar-refractivity contribution >= 4 is 40.8 Å². The molecule has 0 saturated carbocycles. The van der Waals surface area contributed by atoms with Crippen molar-refractivity contribution < 1.29 is 14.7 Å². The molecule has 0 radical (unpaired) electrons. The second kappa shape index (κ2) is 6.10. The highest BCUT2D eigenvalue weighted by Crippen LogP contribution is 2.32. The summed E-state index contributed by atoms with van der Waals surface area (Å²) in [7, 11) is 0. The minimum Gasteiger partial charge on any atom is -0.479 e. The highest BCUT2D eigenvalue weighted by molar-refractivity contribution is 6.38. The van der Waals surface area contributed by atoms with E-state index in [1.54, 1.807) is 18.2 Å². The molecule has 0 atom stereocenters. The number of aliphatic carboxylic acids is 1. The molecule has 1 fully saturated rings. The molecule has 1 aromatic carbocycles. The molecule has 19 heavy (non-hydrogen) atoms. The normalized spacial score (nSPS) is 16.7. The number of benzene rings is 1. The summed E-state index contributed by atoms with van der Waals surface area (Å²) in [6, 6.07) is 5.06. The zero-order valence-corrected chi connectivity index (χ0v) is 11.3. The van der Waals surface area contributed by atoms with E-state index in [1.165, 1.54) is 5.06 Å². The maximum Gasteiger partial charge on any atom is 0.332 e. The highest BCUT2D eigenvalue weighted by Gasteiger charge is 2.21. The lowest BCUT2D eigenvalue weighted by Gasteiger charge is -2.15. The number of halogens is 2. The second-order valence-electron chi connectivity index (χ2n) is 3.70. The summed E-state index contributed by atoms with van der Waals surface area (Å²) in [5, 5.41) is 13.7. The number of carboxylic acid groups (broad SMARTS) is 1. The first kappa shape index (κ1) is 13.9. The van der Waals surface area contributed by atoms with Gasteiger partial charge >= 0.3 is 5.97 Å². The molecule has 2 N–H and O–H groups in total. The Labute approximate surface area is 119 Å². The number of para-hydroxylation sites is 1. The van der Waals surface area contributed by atoms with Gasteiger partial charge in [-0.3, -0.25) is 4.84 Å². The lowest BCUT2D eigenvalue weighted by Crippen LogP contribution is -2.32. The van der Waals surface area contributed by atoms with Crippen LogP contribution >= 0.6 is 23.2 Å². The number of nitrogens with one attached hydrogen (secondary N) is 1. The fourth-order valence-corrected chi connectivity index (χ4v) is 2.00. The van der Waals surface area contributed by atoms with Crippen LogP contribution in [0.4, 0.5) is 5.69 Å². The van der Waals surface area contributed by atoms with Crippen LogP contribution in [0.15, 0.2) is 23.2 Å². The first-order valence-electron chi connectivity index (χ1n) is 5.47. The Balaban J connectivity index is 2.19. The Hall–Kier alpha value is -1.50. The van der Waals surface area contributed by atoms with Gasteiger partial charge < -0.3 is 10.4 Å². The lowest BCUT2D eigenvalue weighted by atomic mass is 10.3. The van der Waals surface area contributed by atoms with Gasteiger partial charge in [-0.15, -0.1) is 0 Å². The van der Waals surface area contributed by atoms with Crippen molar-refractivity contribution in [2.45, 2.75) is 0 Å². The molecule has 1 aliphatic rings. The number of carboxylic acids is 1. The van der Waals surface area contributed by atoms with Gasteiger partial charge in [0.05, 0.1) is 16.6 Å². The molecule has 0 bridgehead atoms. The molecule has 102 valence electrons. The van der Waals surface area contributed by atoms with Crippen LogP contribution in [0, 0.1) is 0 Å². The van der Waals surface area contributed by atoms with Crippen LogP contribution in [-0.2, 0) is 9.63 Å². The van der Waals surface area contributed by atoms with Crippen LogP contribution in [-0.4, -0.2) is 41.8 Å². The maximum absolute atomic E-state index is 10.5. The average Bonchev–Trinajstić information content (AvgIpc) is 2.79. The molecular formula is C11H11Cl2N3O3. The fraction of sp³-hybridized carbons (Fsp3) is 0.273. The Morgan fingerprint density at radius 2 is 2.16 bits per heavy atom. The van der Waals surface area contributed by atoms with Gasteiger partial charge in [-0.05, 0) is 12.1 Å². The van der Waals surface area contributed by atoms with Gasteiger partial charge in [-0.1, -0.05) is 29.3 Å². The van der Waals surface area contributed by atoms with E-state index >= 15 is 0 Å². The number of guanidine groups is 1. The third-order valence-electron chi connectivity index (χ3n) is 2.33. The second-order valence-corrected chi connectivity index (χ2v) is 4.52. The maximum atomic E-state index is 10.5. The first-order chi connectivity index (χ1) is 9.08. The quantitative estimate of drug-likeness (QED) is 0.889. The zero-order chi connectivity index (χ0) is 13.8. The lowest BCUT2D eigenvalue weighted by molar-refractivity contribution is -0.157. The van der Waals surface area contributed by atoms with Crippen LogP contribution in [0.1, 0.15) is 0 Å². The number of aliphatic imine (C=N–C) groups is 1. The van der Waals surface area contributed by atoms with Crippen LogP contribution in [0.5, 0.6) is 0 Å². The topological polar surface area (TPSA) is 74.2 Å². The number of carbonyl (C=O) groups is 1. The van der Waals surface area contributed by atoms with Gasteiger partial charge in [0.15, 0.2) is 6.61 Å². The number of rotatable bonds is 4. The average molecular weight is 304 g/mol. The molecule has 0 unspecified atom stereocenters. The minimum absolute atomic E-state index is 0.385. The zero-order valence-electron chi connectivity index (χ0n) is 9.77. The number of nitrogens with zero attached hydrogens (tertiary/aromatic N) is 2. The summed E-state index contributed by atoms with van der Waals surface area (Å²) in [6.07, 6.45) is 0. The van der Waals surface area contributed by atoms with Crippen LogP contribution < -0.4 is 5.32 Å². The molecule has 6 nitrogen and oxygen atoms in total. The van der Waals surface area contributed by atoms with Gasteiger partial charge in [0, 0.05) is 6.54 Å². The molecule has 8 heteroatoms. The van der Waals surface area contributed by atoms with E-state index in [4.69, 9.17) is 33.1 Å². The van der Waals surface area contributed by atoms with Crippen molar-refractivity contribution in [2.75, 3.05) is 19.7 Å². The standard InChI is InChI=1S/C11H11Cl2N3O3/c12-7-2-1-3-8(13)10(7)15-11-14-4-5-16(11)19-6-9(17)18/h1-3H,4-6H2,(H,14,15)(H,17,18). The largest absolute Gasteiger partial charge is 0.479 e. The summed E-state index contributed by atoms with van der Waals surface area (Å²) in [6.45, 7) is 0.658. The third-order valence-corrected chi connectivity index (χ3v) is 2.94. The Morgan fingerprint density at radius 1 is 1.47 bits per heavy atom. The van der Waals surface area contributed by atoms with Crippen molar-refractivity contribution in [3.63, 3.8) is 0 Å². The first-order valence-corrected chi connectivity index (χ1v) is 6.22. The predicted octanol–water partition coefficient (Wildman–Crippen LogP) is 1.90. The van der Waals surface area contributed by atoms with Crippen molar-refractivity contribution in [3.8, 4) is 0 Å². The summed E-state index contributed by atoms with van der Waals surface area (Å²) in [5.74, 6) is -0.668. The van der Waals surface area contributed by atoms with Crippen molar-refractivity contribution in [1.82, 2.24) is 10.4 Å². The van der Waals surface area contributed by atoms with E-state index in [0.29, 0.717) is 34.8 Å². The van der Waals surface area contributed by atoms with Crippen molar-refractivity contribution in [2.24, 2.45) is 4.99 Å². The van der Waals surface area contributed by atoms with Gasteiger partial charge in [-0.25, -0.2) is 14.9 Å². The molecule has 0 aliphatic carbocycles. The van der Waals surface area contributed by atoms with Gasteiger partial charge in [-0.2, -0.15) is 0 Å². The number of hydrogen-bond donors (Lipinski definition) is 2. The molecule has 1 aliphatic heterocycles. The van der Waals surface area contributed by atoms with Crippen molar-refractivity contribution in [1.29, 1.82) is 0 Å². The minimum atomic E-state index is -1.05. The Morgan fingerprint density at radius 3 is 2.79 bits per heavy atom. The summed E-state index contributed by atoms with van der Waals surface area (Å²) < 4.78 is 0. The summed E-state index contributed by atoms with van der Waals surface area (Å²) in [4.78, 5) is 19.8. The monoisotopic (exact) mass is 303 g/mol. The van der Waals surface area contributed by atoms with Gasteiger partial charge in [0.2, 0.25) is 5.96 Å². The summed E-state index contributed by atoms with van der Waals surface area (Å²) in [5.41, 5.74) is 0.416. The third kappa shape index (κ3) is 3.50. The molecule has 0 amide bonds. The van der Waals surface area contributed by atoms with Crippen LogP contribution in [0.2, 0.25) is 10.0 Å². The van der Waals surface area contributed by atoms with E-state index in [-0.39, 0.29) is 0 Å². The van der Waals surface area contributed by atoms with E-state index in [0.717, 1.165) is 0 Å². The van der Waals surface area contributed by atoms with Crippen LogP contribution in [0.3, 0.4) is 0 Å². The van der Waals surface area contributed by atoms with E-state index in [9.17, 15) is 4.79 Å². The molecule has 1 aromatic rings. The molecule has 1 heterocycles. The van der Waals surface area contributed by atoms with E-state index in [2.05, 4.69) is 10.3 Å². The van der Waals surface area contributed by atoms with E-state index < -0.39 is 12.6 Å². The van der Waals surface area contributed by atoms with Crippen molar-refractivity contribution in [3.05, 3.63) is 28.2 Å². The Kier molecular flexibility index (Phi) is 4.47. The van der Waals surface area contributed by atoms with Gasteiger partial charge in [0.25, 0.3) is 0 Å². The predicted molar refractivity (Wildman–Crippen MR) is 71.9 cm³/mol. The van der Waals surface area contributed by atoms with Crippen LogP contribution in [0.25, 0.3) is 0 Å². The SMILES string of the molecule is O=C(O)CON1CCN/C1=N\c1c(Cl)cccc1Cl. The number of hydroxylamine groups is 2.